The number of urea groups is 2. The Morgan fingerprint density at radius 2 is 1.00 bits per heavy atom. The molecule has 0 bridgehead atoms. The molecule has 0 aliphatic carbocycles. The number of fused-ring (bicyclic) bond motifs is 2. The van der Waals surface area contributed by atoms with Crippen molar-refractivity contribution >= 4 is 45.2 Å². The van der Waals surface area contributed by atoms with E-state index >= 15 is 9.59 Å². The van der Waals surface area contributed by atoms with Crippen LogP contribution in [0, 0.1) is 0 Å². The van der Waals surface area contributed by atoms with Gasteiger partial charge in [-0.15, -0.1) is 0 Å². The number of nitrogens with zero attached hydrogens (tertiary/aromatic N) is 2. The van der Waals surface area contributed by atoms with Crippen molar-refractivity contribution in [3.63, 3.8) is 0 Å². The molecular weight excluding hydrogens is 985 g/mol. The van der Waals surface area contributed by atoms with Gasteiger partial charge >= 0.3 is 12.1 Å². The van der Waals surface area contributed by atoms with Gasteiger partial charge < -0.3 is 51.7 Å². The number of H-pyrrole nitrogens is 2. The third-order valence-corrected chi connectivity index (χ3v) is 13.6. The molecule has 9 rings (SSSR count). The molecule has 0 aliphatic rings. The smallest absolute Gasteiger partial charge is 0.342 e. The number of aliphatic hydroxyl groups excluding tert-OH is 2. The first kappa shape index (κ1) is 53.8. The summed E-state index contributed by atoms with van der Waals surface area (Å²) in [6, 6.07) is 54.2. The van der Waals surface area contributed by atoms with Crippen molar-refractivity contribution in [2.24, 2.45) is 0 Å². The van der Waals surface area contributed by atoms with Crippen molar-refractivity contribution in [2.75, 3.05) is 43.0 Å². The number of hydrogen-bond acceptors (Lipinski definition) is 10. The number of hydrazine groups is 1. The summed E-state index contributed by atoms with van der Waals surface area (Å²) in [4.78, 5) is 59.9. The Morgan fingerprint density at radius 1 is 0.500 bits per heavy atom. The number of anilines is 2. The summed E-state index contributed by atoms with van der Waals surface area (Å²) in [6.07, 6.45) is 0.494. The number of phenols is 2. The number of phenolic OH excluding ortho intramolecular Hbond substituents is 2. The van der Waals surface area contributed by atoms with Crippen LogP contribution < -0.4 is 37.4 Å². The van der Waals surface area contributed by atoms with Crippen LogP contribution in [0.1, 0.15) is 63.6 Å². The highest BCUT2D eigenvalue weighted by atomic mass is 16.3. The Hall–Kier alpha value is -9.06. The van der Waals surface area contributed by atoms with Crippen LogP contribution in [0.4, 0.5) is 21.0 Å². The minimum Gasteiger partial charge on any atom is -0.506 e. The summed E-state index contributed by atoms with van der Waals surface area (Å²) in [5, 5.41) is 60.0. The van der Waals surface area contributed by atoms with E-state index in [9.17, 15) is 30.0 Å². The summed E-state index contributed by atoms with van der Waals surface area (Å²) in [5.41, 5.74) is 6.19. The van der Waals surface area contributed by atoms with Gasteiger partial charge in [-0.25, -0.2) is 14.6 Å². The fourth-order valence-electron chi connectivity index (χ4n) is 9.71. The van der Waals surface area contributed by atoms with Gasteiger partial charge in [0, 0.05) is 48.2 Å². The maximum Gasteiger partial charge on any atom is 0.342 e. The highest BCUT2D eigenvalue weighted by molar-refractivity contribution is 5.99. The summed E-state index contributed by atoms with van der Waals surface area (Å²) >= 11 is 0. The highest BCUT2D eigenvalue weighted by Crippen LogP contribution is 2.35. The Labute approximate surface area is 450 Å². The second-order valence-electron chi connectivity index (χ2n) is 19.0. The first-order chi connectivity index (χ1) is 38.0. The van der Waals surface area contributed by atoms with Crippen LogP contribution in [0.2, 0.25) is 0 Å². The molecule has 2 aromatic heterocycles. The van der Waals surface area contributed by atoms with E-state index in [1.54, 1.807) is 36.4 Å². The molecule has 0 aliphatic heterocycles. The van der Waals surface area contributed by atoms with Gasteiger partial charge in [0.15, 0.2) is 0 Å². The summed E-state index contributed by atoms with van der Waals surface area (Å²) in [6.45, 7) is 1.59. The number of rotatable bonds is 21. The summed E-state index contributed by atoms with van der Waals surface area (Å²) < 4.78 is 0. The van der Waals surface area contributed by atoms with Crippen LogP contribution in [0.15, 0.2) is 198 Å². The molecule has 16 heteroatoms. The largest absolute Gasteiger partial charge is 0.506 e. The number of aromatic amines is 2. The van der Waals surface area contributed by atoms with Crippen molar-refractivity contribution in [3.05, 3.63) is 248 Å². The average molecular weight is 1050 g/mol. The number of carbonyl (C=O) groups excluding carboxylic acids is 2. The maximum atomic E-state index is 15.5. The lowest BCUT2D eigenvalue weighted by molar-refractivity contribution is 0.176. The lowest BCUT2D eigenvalue weighted by Gasteiger charge is -2.40. The number of nitrogens with one attached hydrogen (secondary N) is 6. The molecule has 0 saturated carbocycles. The molecule has 7 aromatic carbocycles. The number of benzene rings is 7. The molecule has 10 N–H and O–H groups in total. The third-order valence-electron chi connectivity index (χ3n) is 13.6. The Balaban J connectivity index is 0.972. The second kappa shape index (κ2) is 25.7. The predicted molar refractivity (Wildman–Crippen MR) is 305 cm³/mol. The van der Waals surface area contributed by atoms with E-state index in [1.807, 2.05) is 127 Å². The quantitative estimate of drug-likeness (QED) is 0.0242. The molecule has 2 heterocycles. The number of aromatic hydroxyl groups is 2. The first-order valence-electron chi connectivity index (χ1n) is 26.0. The van der Waals surface area contributed by atoms with Crippen molar-refractivity contribution in [1.29, 1.82) is 0 Å². The first-order valence-corrected chi connectivity index (χ1v) is 26.0. The number of pyridine rings is 2. The second-order valence-corrected chi connectivity index (χ2v) is 19.0. The molecule has 0 spiro atoms. The average Bonchev–Trinajstić information content (AvgIpc) is 3.52. The van der Waals surface area contributed by atoms with Gasteiger partial charge in [-0.1, -0.05) is 127 Å². The fourth-order valence-corrected chi connectivity index (χ4v) is 9.71. The number of hydrogen-bond donors (Lipinski definition) is 10. The minimum absolute atomic E-state index is 0.0868. The fraction of sp³-hybridized carbons (Fsp3) is 0.194. The van der Waals surface area contributed by atoms with Crippen LogP contribution in [0.5, 0.6) is 11.5 Å². The SMILES string of the molecule is O=C(NCCCc1ccccc1)N(c1cccc(CCNC[C@@H](O)c2ccc(O)c3[nH]c(=O)ccc23)c1)N(C(=O)Nc1cccc(CCNC[C@@H](O)c2ccc(O)c3[nH]c(=O)ccc23)c1)C(c1ccccc1)c1ccccc1. The van der Waals surface area contributed by atoms with Crippen LogP contribution in [0.25, 0.3) is 21.8 Å². The lowest BCUT2D eigenvalue weighted by Crippen LogP contribution is -2.56. The molecule has 0 fully saturated rings. The van der Waals surface area contributed by atoms with E-state index in [2.05, 4.69) is 31.2 Å². The number of aryl methyl sites for hydroxylation is 1. The van der Waals surface area contributed by atoms with Crippen LogP contribution >= 0.6 is 0 Å². The van der Waals surface area contributed by atoms with E-state index < -0.39 is 30.3 Å². The monoisotopic (exact) mass is 1050 g/mol. The summed E-state index contributed by atoms with van der Waals surface area (Å²) in [7, 11) is 0. The molecule has 16 nitrogen and oxygen atoms in total. The van der Waals surface area contributed by atoms with Crippen molar-refractivity contribution < 1.29 is 30.0 Å². The van der Waals surface area contributed by atoms with Gasteiger partial charge in [-0.05, 0) is 126 Å². The third kappa shape index (κ3) is 13.3. The van der Waals surface area contributed by atoms with Gasteiger partial charge in [0.1, 0.15) is 17.5 Å². The normalized spacial score (nSPS) is 12.1. The number of aromatic nitrogens is 2. The van der Waals surface area contributed by atoms with Crippen molar-refractivity contribution in [2.45, 2.75) is 43.9 Å². The molecule has 0 saturated heterocycles. The predicted octanol–water partition coefficient (Wildman–Crippen LogP) is 8.90. The van der Waals surface area contributed by atoms with Gasteiger partial charge in [-0.3, -0.25) is 9.59 Å². The van der Waals surface area contributed by atoms with Crippen molar-refractivity contribution in [3.8, 4) is 11.5 Å². The molecule has 4 amide bonds. The number of aliphatic hydroxyl groups is 2. The van der Waals surface area contributed by atoms with Crippen LogP contribution in [-0.4, -0.2) is 80.2 Å². The topological polar surface area (TPSA) is 235 Å². The van der Waals surface area contributed by atoms with Gasteiger partial charge in [0.05, 0.1) is 28.9 Å². The molecule has 0 unspecified atom stereocenters. The summed E-state index contributed by atoms with van der Waals surface area (Å²) in [5.74, 6) is -0.180. The molecule has 2 atom stereocenters. The Kier molecular flexibility index (Phi) is 17.7. The van der Waals surface area contributed by atoms with Crippen LogP contribution in [-0.2, 0) is 19.3 Å². The van der Waals surface area contributed by atoms with E-state index in [0.29, 0.717) is 72.2 Å². The van der Waals surface area contributed by atoms with E-state index in [4.69, 9.17) is 0 Å². The number of amides is 4. The minimum atomic E-state index is -0.961. The van der Waals surface area contributed by atoms with Gasteiger partial charge in [0.2, 0.25) is 11.1 Å². The van der Waals surface area contributed by atoms with E-state index in [-0.39, 0.29) is 46.7 Å². The number of carbonyl (C=O) groups is 2. The van der Waals surface area contributed by atoms with E-state index in [0.717, 1.165) is 34.2 Å². The lowest BCUT2D eigenvalue weighted by atomic mass is 9.98. The molecule has 9 aromatic rings. The highest BCUT2D eigenvalue weighted by Gasteiger charge is 2.36. The van der Waals surface area contributed by atoms with Gasteiger partial charge in [0.25, 0.3) is 0 Å². The maximum absolute atomic E-state index is 15.5. The molecular formula is C62H62N8O8. The van der Waals surface area contributed by atoms with Crippen molar-refractivity contribution in [1.82, 2.24) is 30.9 Å². The van der Waals surface area contributed by atoms with E-state index in [1.165, 1.54) is 34.3 Å². The van der Waals surface area contributed by atoms with Gasteiger partial charge in [-0.2, -0.15) is 5.01 Å². The standard InChI is InChI=1S/C62H62N8O8/c71-52-28-24-48(50-26-30-56(75)67-58(50)52)54(73)39-63-35-32-42-15-10-22-46(37-42)66-62(78)70(60(44-18-6-2-7-19-44)45-20-8-3-9-21-45)69(61(77)65-34-12-17-41-13-4-1-5-14-41)47-23-11-16-43(38-47)33-36-64-40-55(74)49-25-29-53(72)59-51(49)27-31-57(76)68-59/h1-11,13-16,18-31,37-38,54-55,60,63-64,71-74H,12,17,32-36,39-40H2,(H,65,77)(H,66,78)(H,67,75)(H,68,76)/t54-,55-/m1/s1. The zero-order valence-corrected chi connectivity index (χ0v) is 42.8. The zero-order chi connectivity index (χ0) is 54.4. The molecule has 0 radical (unpaired) electrons. The zero-order valence-electron chi connectivity index (χ0n) is 42.8. The molecule has 398 valence electrons. The Bertz CT molecular complexity index is 3560. The molecule has 78 heavy (non-hydrogen) atoms. The van der Waals surface area contributed by atoms with Crippen LogP contribution in [0.3, 0.4) is 0 Å². The Morgan fingerprint density at radius 3 is 1.55 bits per heavy atom.